The van der Waals surface area contributed by atoms with Crippen molar-refractivity contribution in [2.24, 2.45) is 0 Å². The molecule has 0 saturated heterocycles. The third kappa shape index (κ3) is 6.06. The minimum atomic E-state index is -4.54. The summed E-state index contributed by atoms with van der Waals surface area (Å²) in [7, 11) is 0. The average Bonchev–Trinajstić information content (AvgIpc) is 3.50. The van der Waals surface area contributed by atoms with Crippen LogP contribution < -0.4 is 10.6 Å². The van der Waals surface area contributed by atoms with E-state index < -0.39 is 17.6 Å². The molecule has 0 unspecified atom stereocenters. The van der Waals surface area contributed by atoms with Crippen LogP contribution in [0, 0.1) is 6.92 Å². The number of thiazole rings is 1. The van der Waals surface area contributed by atoms with E-state index >= 15 is 0 Å². The fourth-order valence-corrected chi connectivity index (χ4v) is 3.61. The average molecular weight is 502 g/mol. The fraction of sp³-hybridized carbons (Fsp3) is 0.182. The molecule has 0 atom stereocenters. The molecule has 3 aromatic heterocycles. The maximum Gasteiger partial charge on any atom is 0.416 e. The zero-order valence-electron chi connectivity index (χ0n) is 18.1. The van der Waals surface area contributed by atoms with Gasteiger partial charge in [0.1, 0.15) is 17.8 Å². The molecule has 3 heterocycles. The van der Waals surface area contributed by atoms with Gasteiger partial charge in [0.05, 0.1) is 11.3 Å². The topological polar surface area (TPSA) is 123 Å². The first kappa shape index (κ1) is 24.0. The Bertz CT molecular complexity index is 1350. The number of carbonyl (C=O) groups excluding carboxylic acids is 2. The van der Waals surface area contributed by atoms with E-state index in [0.29, 0.717) is 16.6 Å². The van der Waals surface area contributed by atoms with Gasteiger partial charge < -0.3 is 15.2 Å². The minimum absolute atomic E-state index is 0.0352. The second-order valence-corrected chi connectivity index (χ2v) is 8.23. The molecule has 0 aliphatic carbocycles. The number of halogens is 3. The van der Waals surface area contributed by atoms with Gasteiger partial charge in [0.15, 0.2) is 10.9 Å². The quantitative estimate of drug-likeness (QED) is 0.321. The van der Waals surface area contributed by atoms with E-state index in [1.807, 2.05) is 0 Å². The van der Waals surface area contributed by atoms with E-state index in [1.54, 1.807) is 11.6 Å². The first-order valence-corrected chi connectivity index (χ1v) is 11.0. The molecule has 2 N–H and O–H groups in total. The lowest BCUT2D eigenvalue weighted by atomic mass is 10.1. The van der Waals surface area contributed by atoms with Crippen LogP contribution >= 0.6 is 11.3 Å². The Morgan fingerprint density at radius 2 is 1.94 bits per heavy atom. The summed E-state index contributed by atoms with van der Waals surface area (Å²) in [5.74, 6) is -0.814. The summed E-state index contributed by atoms with van der Waals surface area (Å²) >= 11 is 1.38. The molecule has 13 heteroatoms. The highest BCUT2D eigenvalue weighted by molar-refractivity contribution is 7.13. The maximum absolute atomic E-state index is 13.1. The lowest BCUT2D eigenvalue weighted by Gasteiger charge is -2.12. The summed E-state index contributed by atoms with van der Waals surface area (Å²) in [4.78, 5) is 37.0. The normalized spacial score (nSPS) is 11.3. The number of ketones is 1. The molecule has 0 saturated carbocycles. The third-order valence-corrected chi connectivity index (χ3v) is 5.50. The number of anilines is 3. The number of hydrogen-bond donors (Lipinski definition) is 2. The number of carbonyl (C=O) groups is 2. The van der Waals surface area contributed by atoms with Crippen molar-refractivity contribution < 1.29 is 27.3 Å². The summed E-state index contributed by atoms with van der Waals surface area (Å²) in [5, 5.41) is 11.5. The predicted octanol–water partition coefficient (Wildman–Crippen LogP) is 5.06. The molecular formula is C22H17F3N6O3S. The van der Waals surface area contributed by atoms with Crippen molar-refractivity contribution in [3.05, 3.63) is 76.5 Å². The molecule has 0 spiro atoms. The van der Waals surface area contributed by atoms with E-state index in [4.69, 9.17) is 4.52 Å². The molecular weight excluding hydrogens is 485 g/mol. The van der Waals surface area contributed by atoms with Crippen LogP contribution in [0.2, 0.25) is 0 Å². The van der Waals surface area contributed by atoms with Gasteiger partial charge in [-0.1, -0.05) is 11.2 Å². The Labute approximate surface area is 200 Å². The van der Waals surface area contributed by atoms with E-state index in [-0.39, 0.29) is 41.3 Å². The minimum Gasteiger partial charge on any atom is -0.351 e. The maximum atomic E-state index is 13.1. The highest BCUT2D eigenvalue weighted by Crippen LogP contribution is 2.33. The van der Waals surface area contributed by atoms with Crippen molar-refractivity contribution in [1.82, 2.24) is 20.1 Å². The van der Waals surface area contributed by atoms with E-state index in [9.17, 15) is 22.8 Å². The smallest absolute Gasteiger partial charge is 0.351 e. The lowest BCUT2D eigenvalue weighted by Crippen LogP contribution is -2.13. The first-order chi connectivity index (χ1) is 16.7. The zero-order chi connectivity index (χ0) is 25.0. The third-order valence-electron chi connectivity index (χ3n) is 4.81. The summed E-state index contributed by atoms with van der Waals surface area (Å²) in [6.45, 7) is 1.33. The van der Waals surface area contributed by atoms with E-state index in [2.05, 4.69) is 30.7 Å². The second kappa shape index (κ2) is 10.0. The molecule has 1 amide bonds. The molecule has 0 bridgehead atoms. The van der Waals surface area contributed by atoms with Gasteiger partial charge in [-0.25, -0.2) is 15.0 Å². The lowest BCUT2D eigenvalue weighted by molar-refractivity contribution is -0.138. The van der Waals surface area contributed by atoms with Crippen molar-refractivity contribution in [3.63, 3.8) is 0 Å². The number of alkyl halides is 3. The molecule has 180 valence electrons. The van der Waals surface area contributed by atoms with Crippen LogP contribution in [-0.2, 0) is 12.6 Å². The number of nitrogens with zero attached hydrogens (tertiary/aromatic N) is 4. The van der Waals surface area contributed by atoms with Crippen LogP contribution in [0.15, 0.2) is 52.8 Å². The molecule has 0 aliphatic rings. The van der Waals surface area contributed by atoms with Crippen molar-refractivity contribution in [2.45, 2.75) is 25.9 Å². The predicted molar refractivity (Wildman–Crippen MR) is 121 cm³/mol. The van der Waals surface area contributed by atoms with Gasteiger partial charge in [-0.3, -0.25) is 9.59 Å². The Morgan fingerprint density at radius 3 is 2.69 bits per heavy atom. The van der Waals surface area contributed by atoms with Gasteiger partial charge in [0, 0.05) is 42.2 Å². The number of amides is 1. The van der Waals surface area contributed by atoms with Gasteiger partial charge in [-0.2, -0.15) is 13.2 Å². The Kier molecular flexibility index (Phi) is 6.87. The molecule has 4 aromatic rings. The van der Waals surface area contributed by atoms with E-state index in [1.165, 1.54) is 48.9 Å². The Hall–Kier alpha value is -4.13. The summed E-state index contributed by atoms with van der Waals surface area (Å²) in [5.41, 5.74) is -0.315. The van der Waals surface area contributed by atoms with Crippen LogP contribution in [0.4, 0.5) is 29.8 Å². The molecule has 0 radical (unpaired) electrons. The Morgan fingerprint density at radius 1 is 1.11 bits per heavy atom. The zero-order valence-corrected chi connectivity index (χ0v) is 18.9. The van der Waals surface area contributed by atoms with Crippen molar-refractivity contribution in [1.29, 1.82) is 0 Å². The molecule has 0 fully saturated rings. The SMILES string of the molecule is Cc1ccc(NC(=O)c2cc(CCC(=O)c3cc(Nc4nccs4)ncn3)no2)cc1C(F)(F)F. The van der Waals surface area contributed by atoms with Crippen LogP contribution in [0.1, 0.15) is 44.3 Å². The highest BCUT2D eigenvalue weighted by Gasteiger charge is 2.32. The van der Waals surface area contributed by atoms with Gasteiger partial charge in [-0.15, -0.1) is 11.3 Å². The van der Waals surface area contributed by atoms with Crippen molar-refractivity contribution >= 4 is 39.7 Å². The molecule has 0 aliphatic heterocycles. The van der Waals surface area contributed by atoms with Crippen LogP contribution in [0.25, 0.3) is 0 Å². The monoisotopic (exact) mass is 502 g/mol. The van der Waals surface area contributed by atoms with Crippen molar-refractivity contribution in [3.8, 4) is 0 Å². The van der Waals surface area contributed by atoms with Gasteiger partial charge in [0.25, 0.3) is 5.91 Å². The second-order valence-electron chi connectivity index (χ2n) is 7.34. The summed E-state index contributed by atoms with van der Waals surface area (Å²) in [6.07, 6.45) is -1.45. The Balaban J connectivity index is 1.35. The summed E-state index contributed by atoms with van der Waals surface area (Å²) < 4.78 is 44.3. The fourth-order valence-electron chi connectivity index (χ4n) is 3.08. The molecule has 1 aromatic carbocycles. The van der Waals surface area contributed by atoms with Crippen LogP contribution in [0.5, 0.6) is 0 Å². The van der Waals surface area contributed by atoms with Crippen molar-refractivity contribution in [2.75, 3.05) is 10.6 Å². The highest BCUT2D eigenvalue weighted by atomic mass is 32.1. The largest absolute Gasteiger partial charge is 0.416 e. The number of nitrogens with one attached hydrogen (secondary N) is 2. The van der Waals surface area contributed by atoms with Gasteiger partial charge in [0.2, 0.25) is 5.76 Å². The number of aromatic nitrogens is 4. The van der Waals surface area contributed by atoms with Gasteiger partial charge in [-0.05, 0) is 24.6 Å². The van der Waals surface area contributed by atoms with Gasteiger partial charge >= 0.3 is 6.18 Å². The number of hydrogen-bond acceptors (Lipinski definition) is 9. The number of Topliss-reactive ketones (excluding diaryl/α,β-unsaturated/α-hetero) is 1. The van der Waals surface area contributed by atoms with Crippen LogP contribution in [-0.4, -0.2) is 31.8 Å². The molecule has 9 nitrogen and oxygen atoms in total. The van der Waals surface area contributed by atoms with E-state index in [0.717, 1.165) is 6.07 Å². The standard InChI is InChI=1S/C22H17F3N6O3S/c1-12-2-3-13(8-15(12)22(23,24)25)29-20(33)18-9-14(31-34-18)4-5-17(32)16-10-19(28-11-27-16)30-21-26-6-7-35-21/h2-3,6-11H,4-5H2,1H3,(H,29,33)(H,26,27,28,30). The first-order valence-electron chi connectivity index (χ1n) is 10.2. The molecule has 35 heavy (non-hydrogen) atoms. The number of benzene rings is 1. The number of rotatable bonds is 8. The van der Waals surface area contributed by atoms with Crippen LogP contribution in [0.3, 0.4) is 0 Å². The number of aryl methyl sites for hydroxylation is 2. The summed E-state index contributed by atoms with van der Waals surface area (Å²) in [6, 6.07) is 6.31. The molecule has 4 rings (SSSR count).